The van der Waals surface area contributed by atoms with Crippen molar-refractivity contribution in [3.8, 4) is 0 Å². The number of azide groups is 1. The van der Waals surface area contributed by atoms with Crippen molar-refractivity contribution in [1.29, 1.82) is 0 Å². The Morgan fingerprint density at radius 1 is 1.14 bits per heavy atom. The van der Waals surface area contributed by atoms with Gasteiger partial charge >= 0.3 is 5.97 Å². The summed E-state index contributed by atoms with van der Waals surface area (Å²) in [6.07, 6.45) is 1.14. The molecule has 0 fully saturated rings. The van der Waals surface area contributed by atoms with E-state index in [1.54, 1.807) is 36.4 Å². The maximum atomic E-state index is 12.3. The largest absolute Gasteiger partial charge is 0.481 e. The number of carboxylic acid groups (broad SMARTS) is 1. The second-order valence-electron chi connectivity index (χ2n) is 6.25. The normalized spacial score (nSPS) is 11.1. The molecule has 0 spiro atoms. The Labute approximate surface area is 166 Å². The van der Waals surface area contributed by atoms with E-state index < -0.39 is 17.9 Å². The maximum absolute atomic E-state index is 12.3. The zero-order valence-electron chi connectivity index (χ0n) is 15.7. The van der Waals surface area contributed by atoms with Crippen molar-refractivity contribution in [3.63, 3.8) is 0 Å². The van der Waals surface area contributed by atoms with Crippen molar-refractivity contribution < 1.29 is 19.5 Å². The van der Waals surface area contributed by atoms with Crippen LogP contribution in [-0.2, 0) is 11.3 Å². The van der Waals surface area contributed by atoms with Gasteiger partial charge in [0.25, 0.3) is 11.8 Å². The predicted molar refractivity (Wildman–Crippen MR) is 104 cm³/mol. The molecule has 0 unspecified atom stereocenters. The van der Waals surface area contributed by atoms with Gasteiger partial charge in [0, 0.05) is 41.5 Å². The molecule has 0 aliphatic rings. The minimum atomic E-state index is -1.11. The van der Waals surface area contributed by atoms with Crippen LogP contribution >= 0.6 is 0 Å². The fraction of sp³-hybridized carbons (Fsp3) is 0.263. The van der Waals surface area contributed by atoms with Gasteiger partial charge in [-0.05, 0) is 42.3 Å². The molecule has 2 rings (SSSR count). The van der Waals surface area contributed by atoms with Gasteiger partial charge in [0.2, 0.25) is 0 Å². The second kappa shape index (κ2) is 10.4. The van der Waals surface area contributed by atoms with E-state index in [0.717, 1.165) is 11.3 Å². The third-order valence-electron chi connectivity index (χ3n) is 3.96. The fourth-order valence-electron chi connectivity index (χ4n) is 2.44. The molecule has 0 aliphatic carbocycles. The number of benzene rings is 1. The molecule has 10 heteroatoms. The number of rotatable bonds is 9. The Morgan fingerprint density at radius 2 is 1.83 bits per heavy atom. The van der Waals surface area contributed by atoms with E-state index in [9.17, 15) is 14.4 Å². The number of hydrogen-bond donors (Lipinski definition) is 3. The molecule has 150 valence electrons. The number of pyridine rings is 1. The highest BCUT2D eigenvalue weighted by Crippen LogP contribution is 2.07. The molecular weight excluding hydrogens is 376 g/mol. The Bertz CT molecular complexity index is 917. The van der Waals surface area contributed by atoms with E-state index in [1.807, 2.05) is 6.92 Å². The monoisotopic (exact) mass is 396 g/mol. The highest BCUT2D eigenvalue weighted by atomic mass is 16.4. The first-order valence-corrected chi connectivity index (χ1v) is 8.72. The molecule has 10 nitrogen and oxygen atoms in total. The summed E-state index contributed by atoms with van der Waals surface area (Å²) in [6.45, 7) is 1.94. The molecule has 1 aromatic heterocycles. The quantitative estimate of drug-likeness (QED) is 0.336. The molecule has 0 radical (unpaired) electrons. The summed E-state index contributed by atoms with van der Waals surface area (Å²) in [5, 5.41) is 17.5. The highest BCUT2D eigenvalue weighted by molar-refractivity contribution is 5.95. The Hall–Kier alpha value is -3.91. The molecule has 1 atom stereocenters. The van der Waals surface area contributed by atoms with E-state index in [1.165, 1.54) is 6.20 Å². The Morgan fingerprint density at radius 3 is 2.41 bits per heavy atom. The van der Waals surface area contributed by atoms with E-state index in [0.29, 0.717) is 11.1 Å². The van der Waals surface area contributed by atoms with E-state index in [2.05, 4.69) is 25.6 Å². The summed E-state index contributed by atoms with van der Waals surface area (Å²) in [6, 6.07) is 9.13. The highest BCUT2D eigenvalue weighted by Gasteiger charge is 2.16. The molecule has 1 heterocycles. The van der Waals surface area contributed by atoms with Crippen molar-refractivity contribution in [1.82, 2.24) is 15.6 Å². The number of nitrogens with one attached hydrogen (secondary N) is 2. The number of aliphatic carboxylic acids is 1. The number of aromatic nitrogens is 1. The molecule has 0 saturated carbocycles. The van der Waals surface area contributed by atoms with Gasteiger partial charge < -0.3 is 15.7 Å². The molecule has 0 aliphatic heterocycles. The number of carbonyl (C=O) groups excluding carboxylic acids is 2. The minimum Gasteiger partial charge on any atom is -0.481 e. The lowest BCUT2D eigenvalue weighted by Crippen LogP contribution is -2.38. The van der Waals surface area contributed by atoms with Gasteiger partial charge in [-0.25, -0.2) is 0 Å². The van der Waals surface area contributed by atoms with Crippen LogP contribution < -0.4 is 10.6 Å². The number of carbonyl (C=O) groups is 3. The van der Waals surface area contributed by atoms with Crippen LogP contribution in [0.2, 0.25) is 0 Å². The lowest BCUT2D eigenvalue weighted by atomic mass is 10.1. The topological polar surface area (TPSA) is 157 Å². The van der Waals surface area contributed by atoms with Crippen LogP contribution in [0.4, 0.5) is 0 Å². The van der Waals surface area contributed by atoms with E-state index in [4.69, 9.17) is 10.6 Å². The van der Waals surface area contributed by atoms with E-state index >= 15 is 0 Å². The lowest BCUT2D eigenvalue weighted by Gasteiger charge is -2.14. The number of nitrogens with zero attached hydrogens (tertiary/aromatic N) is 4. The first kappa shape index (κ1) is 21.4. The van der Waals surface area contributed by atoms with Crippen molar-refractivity contribution >= 4 is 17.8 Å². The number of aryl methyl sites for hydroxylation is 1. The predicted octanol–water partition coefficient (Wildman–Crippen LogP) is 2.20. The Balaban J connectivity index is 1.93. The van der Waals surface area contributed by atoms with Gasteiger partial charge in [-0.3, -0.25) is 19.4 Å². The fourth-order valence-corrected chi connectivity index (χ4v) is 2.44. The summed E-state index contributed by atoms with van der Waals surface area (Å²) in [4.78, 5) is 41.9. The first-order chi connectivity index (χ1) is 13.9. The average Bonchev–Trinajstić information content (AvgIpc) is 2.70. The second-order valence-corrected chi connectivity index (χ2v) is 6.25. The summed E-state index contributed by atoms with van der Waals surface area (Å²) >= 11 is 0. The van der Waals surface area contributed by atoms with Crippen LogP contribution in [0, 0.1) is 6.92 Å². The van der Waals surface area contributed by atoms with Crippen molar-refractivity contribution in [3.05, 3.63) is 75.4 Å². The van der Waals surface area contributed by atoms with Gasteiger partial charge in [0.1, 0.15) is 0 Å². The summed E-state index contributed by atoms with van der Waals surface area (Å²) in [7, 11) is 0. The smallest absolute Gasteiger partial charge is 0.305 e. The molecule has 2 aromatic rings. The molecule has 29 heavy (non-hydrogen) atoms. The number of amides is 2. The average molecular weight is 396 g/mol. The van der Waals surface area contributed by atoms with Crippen LogP contribution in [0.3, 0.4) is 0 Å². The molecule has 3 N–H and O–H groups in total. The SMILES string of the molecule is Cc1ccc(C(=O)NCc2ccc(C(=O)N[C@H](CN=[N+]=[N-])CC(=O)O)cc2)cn1. The van der Waals surface area contributed by atoms with E-state index in [-0.39, 0.29) is 25.4 Å². The maximum Gasteiger partial charge on any atom is 0.305 e. The van der Waals surface area contributed by atoms with Crippen molar-refractivity contribution in [2.24, 2.45) is 5.11 Å². The minimum absolute atomic E-state index is 0.160. The zero-order valence-corrected chi connectivity index (χ0v) is 15.7. The standard InChI is InChI=1S/C19H20N6O4/c1-12-2-5-15(10-21-12)18(28)22-9-13-3-6-14(7-4-13)19(29)24-16(8-17(26)27)11-23-25-20/h2-7,10,16H,8-9,11H2,1H3,(H,22,28)(H,24,29)(H,26,27)/t16-/m0/s1. The van der Waals surface area contributed by atoms with Crippen LogP contribution in [0.5, 0.6) is 0 Å². The van der Waals surface area contributed by atoms with Crippen molar-refractivity contribution in [2.75, 3.05) is 6.54 Å². The first-order valence-electron chi connectivity index (χ1n) is 8.72. The van der Waals surface area contributed by atoms with Crippen LogP contribution in [0.1, 0.15) is 38.4 Å². The van der Waals surface area contributed by atoms with Crippen LogP contribution in [0.25, 0.3) is 10.4 Å². The van der Waals surface area contributed by atoms with Gasteiger partial charge in [-0.2, -0.15) is 0 Å². The van der Waals surface area contributed by atoms with Gasteiger partial charge in [-0.15, -0.1) is 0 Å². The van der Waals surface area contributed by atoms with Gasteiger partial charge in [0.05, 0.1) is 12.0 Å². The molecule has 1 aromatic carbocycles. The molecule has 0 saturated heterocycles. The Kier molecular flexibility index (Phi) is 7.69. The molecule has 2 amide bonds. The van der Waals surface area contributed by atoms with Gasteiger partial charge in [0.15, 0.2) is 0 Å². The molecule has 0 bridgehead atoms. The third kappa shape index (κ3) is 6.96. The number of hydrogen-bond acceptors (Lipinski definition) is 5. The van der Waals surface area contributed by atoms with Crippen molar-refractivity contribution in [2.45, 2.75) is 25.9 Å². The zero-order chi connectivity index (χ0) is 21.2. The summed E-state index contributed by atoms with van der Waals surface area (Å²) < 4.78 is 0. The number of carboxylic acids is 1. The van der Waals surface area contributed by atoms with Gasteiger partial charge in [-0.1, -0.05) is 17.2 Å². The summed E-state index contributed by atoms with van der Waals surface area (Å²) in [5.74, 6) is -1.85. The summed E-state index contributed by atoms with van der Waals surface area (Å²) in [5.41, 5.74) is 10.7. The van der Waals surface area contributed by atoms with Crippen LogP contribution in [0.15, 0.2) is 47.7 Å². The van der Waals surface area contributed by atoms with Crippen LogP contribution in [-0.4, -0.2) is 40.5 Å². The lowest BCUT2D eigenvalue weighted by molar-refractivity contribution is -0.137. The third-order valence-corrected chi connectivity index (χ3v) is 3.96. The molecular formula is C19H20N6O4.